The zero-order chi connectivity index (χ0) is 16.8. The molecule has 0 aliphatic heterocycles. The normalized spacial score (nSPS) is 11.6. The Hall–Kier alpha value is -2.98. The maximum absolute atomic E-state index is 12.0. The Morgan fingerprint density at radius 2 is 2.21 bits per heavy atom. The quantitative estimate of drug-likeness (QED) is 0.749. The van der Waals surface area contributed by atoms with E-state index >= 15 is 0 Å². The summed E-state index contributed by atoms with van der Waals surface area (Å²) in [6, 6.07) is 11.0. The number of carbonyl (C=O) groups is 1. The first kappa shape index (κ1) is 15.9. The summed E-state index contributed by atoms with van der Waals surface area (Å²) in [7, 11) is 0. The summed E-state index contributed by atoms with van der Waals surface area (Å²) in [5.41, 5.74) is 4.18. The SMILES string of the molecule is N#C[C@H](NC(=O)CCc1cscn1)c1cnn(-c2ccccc2)c1. The molecule has 0 fully saturated rings. The van der Waals surface area contributed by atoms with E-state index in [1.54, 1.807) is 22.6 Å². The first-order valence-corrected chi connectivity index (χ1v) is 8.36. The predicted octanol–water partition coefficient (Wildman–Crippen LogP) is 2.64. The largest absolute Gasteiger partial charge is 0.337 e. The molecule has 7 heteroatoms. The molecule has 6 nitrogen and oxygen atoms in total. The number of benzene rings is 1. The van der Waals surface area contributed by atoms with Gasteiger partial charge in [-0.3, -0.25) is 4.79 Å². The van der Waals surface area contributed by atoms with E-state index in [4.69, 9.17) is 0 Å². The summed E-state index contributed by atoms with van der Waals surface area (Å²) in [4.78, 5) is 16.2. The molecular formula is C17H15N5OS. The number of nitrogens with zero attached hydrogens (tertiary/aromatic N) is 4. The predicted molar refractivity (Wildman–Crippen MR) is 90.5 cm³/mol. The number of nitriles is 1. The summed E-state index contributed by atoms with van der Waals surface area (Å²) >= 11 is 1.50. The molecule has 24 heavy (non-hydrogen) atoms. The van der Waals surface area contributed by atoms with Gasteiger partial charge in [0.05, 0.1) is 29.2 Å². The fourth-order valence-corrected chi connectivity index (χ4v) is 2.83. The highest BCUT2D eigenvalue weighted by Crippen LogP contribution is 2.15. The van der Waals surface area contributed by atoms with Crippen molar-refractivity contribution < 1.29 is 4.79 Å². The highest BCUT2D eigenvalue weighted by Gasteiger charge is 2.16. The molecule has 0 saturated heterocycles. The third kappa shape index (κ3) is 3.86. The van der Waals surface area contributed by atoms with Gasteiger partial charge in [0.2, 0.25) is 5.91 Å². The summed E-state index contributed by atoms with van der Waals surface area (Å²) in [6.45, 7) is 0. The monoisotopic (exact) mass is 337 g/mol. The van der Waals surface area contributed by atoms with Gasteiger partial charge in [-0.1, -0.05) is 18.2 Å². The number of para-hydroxylation sites is 1. The summed E-state index contributed by atoms with van der Waals surface area (Å²) in [5, 5.41) is 18.3. The highest BCUT2D eigenvalue weighted by molar-refractivity contribution is 7.07. The molecule has 1 amide bonds. The van der Waals surface area contributed by atoms with Crippen LogP contribution in [0.4, 0.5) is 0 Å². The molecule has 0 radical (unpaired) electrons. The number of hydrogen-bond acceptors (Lipinski definition) is 5. The van der Waals surface area contributed by atoms with Crippen LogP contribution >= 0.6 is 11.3 Å². The first-order valence-electron chi connectivity index (χ1n) is 7.42. The van der Waals surface area contributed by atoms with E-state index < -0.39 is 6.04 Å². The number of carbonyl (C=O) groups excluding carboxylic acids is 1. The van der Waals surface area contributed by atoms with E-state index in [1.165, 1.54) is 11.3 Å². The van der Waals surface area contributed by atoms with E-state index in [1.807, 2.05) is 35.7 Å². The smallest absolute Gasteiger partial charge is 0.221 e. The Balaban J connectivity index is 1.63. The molecule has 3 rings (SSSR count). The summed E-state index contributed by atoms with van der Waals surface area (Å²) in [5.74, 6) is -0.179. The summed E-state index contributed by atoms with van der Waals surface area (Å²) in [6.07, 6.45) is 4.22. The van der Waals surface area contributed by atoms with E-state index in [0.717, 1.165) is 11.4 Å². The van der Waals surface area contributed by atoms with Crippen LogP contribution in [0.5, 0.6) is 0 Å². The van der Waals surface area contributed by atoms with Gasteiger partial charge in [0.25, 0.3) is 0 Å². The average Bonchev–Trinajstić information content (AvgIpc) is 3.30. The van der Waals surface area contributed by atoms with Crippen LogP contribution in [0, 0.1) is 11.3 Å². The van der Waals surface area contributed by atoms with Crippen molar-refractivity contribution >= 4 is 17.2 Å². The molecule has 1 N–H and O–H groups in total. The van der Waals surface area contributed by atoms with E-state index in [2.05, 4.69) is 21.5 Å². The molecule has 1 atom stereocenters. The number of nitrogens with one attached hydrogen (secondary N) is 1. The van der Waals surface area contributed by atoms with Crippen molar-refractivity contribution in [1.82, 2.24) is 20.1 Å². The van der Waals surface area contributed by atoms with Gasteiger partial charge in [-0.15, -0.1) is 11.3 Å². The van der Waals surface area contributed by atoms with Crippen molar-refractivity contribution in [2.75, 3.05) is 0 Å². The van der Waals surface area contributed by atoms with Gasteiger partial charge >= 0.3 is 0 Å². The van der Waals surface area contributed by atoms with E-state index in [-0.39, 0.29) is 5.91 Å². The van der Waals surface area contributed by atoms with E-state index in [9.17, 15) is 10.1 Å². The highest BCUT2D eigenvalue weighted by atomic mass is 32.1. The van der Waals surface area contributed by atoms with Gasteiger partial charge < -0.3 is 5.32 Å². The van der Waals surface area contributed by atoms with Crippen LogP contribution in [0.1, 0.15) is 23.7 Å². The molecular weight excluding hydrogens is 322 g/mol. The first-order chi connectivity index (χ1) is 11.8. The molecule has 3 aromatic rings. The van der Waals surface area contributed by atoms with Gasteiger partial charge in [-0.25, -0.2) is 9.67 Å². The number of aromatic nitrogens is 3. The van der Waals surface area contributed by atoms with Crippen LogP contribution in [0.3, 0.4) is 0 Å². The zero-order valence-corrected chi connectivity index (χ0v) is 13.6. The molecule has 0 aliphatic carbocycles. The molecule has 2 aromatic heterocycles. The Labute approximate surface area is 143 Å². The second-order valence-corrected chi connectivity index (χ2v) is 5.88. The van der Waals surface area contributed by atoms with Crippen molar-refractivity contribution in [2.45, 2.75) is 18.9 Å². The van der Waals surface area contributed by atoms with Crippen molar-refractivity contribution in [1.29, 1.82) is 5.26 Å². The van der Waals surface area contributed by atoms with Crippen LogP contribution in [0.15, 0.2) is 53.6 Å². The maximum atomic E-state index is 12.0. The fourth-order valence-electron chi connectivity index (χ4n) is 2.23. The molecule has 0 bridgehead atoms. The molecule has 0 saturated carbocycles. The lowest BCUT2D eigenvalue weighted by atomic mass is 10.1. The van der Waals surface area contributed by atoms with Gasteiger partial charge in [0.1, 0.15) is 6.04 Å². The van der Waals surface area contributed by atoms with Crippen molar-refractivity contribution in [2.24, 2.45) is 0 Å². The van der Waals surface area contributed by atoms with Gasteiger partial charge in [0.15, 0.2) is 0 Å². The third-order valence-electron chi connectivity index (χ3n) is 3.48. The van der Waals surface area contributed by atoms with Crippen LogP contribution < -0.4 is 5.32 Å². The Kier molecular flexibility index (Phi) is 4.99. The minimum atomic E-state index is -0.717. The average molecular weight is 337 g/mol. The lowest BCUT2D eigenvalue weighted by Gasteiger charge is -2.09. The maximum Gasteiger partial charge on any atom is 0.221 e. The number of amides is 1. The second-order valence-electron chi connectivity index (χ2n) is 5.16. The van der Waals surface area contributed by atoms with Crippen molar-refractivity contribution in [3.63, 3.8) is 0 Å². The number of aryl methyl sites for hydroxylation is 1. The molecule has 0 spiro atoms. The minimum Gasteiger partial charge on any atom is -0.337 e. The Bertz CT molecular complexity index is 836. The van der Waals surface area contributed by atoms with Crippen molar-refractivity contribution in [3.8, 4) is 11.8 Å². The molecule has 1 aromatic carbocycles. The molecule has 120 valence electrons. The van der Waals surface area contributed by atoms with E-state index in [0.29, 0.717) is 18.4 Å². The third-order valence-corrected chi connectivity index (χ3v) is 4.12. The van der Waals surface area contributed by atoms with Gasteiger partial charge in [-0.05, 0) is 18.6 Å². The van der Waals surface area contributed by atoms with Crippen LogP contribution in [0.2, 0.25) is 0 Å². The second kappa shape index (κ2) is 7.53. The Morgan fingerprint density at radius 1 is 1.38 bits per heavy atom. The van der Waals surface area contributed by atoms with Crippen LogP contribution in [-0.2, 0) is 11.2 Å². The van der Waals surface area contributed by atoms with Crippen LogP contribution in [0.25, 0.3) is 5.69 Å². The number of thiazole rings is 1. The van der Waals surface area contributed by atoms with Crippen molar-refractivity contribution in [3.05, 3.63) is 64.9 Å². The zero-order valence-electron chi connectivity index (χ0n) is 12.8. The molecule has 0 unspecified atom stereocenters. The standard InChI is InChI=1S/C17H15N5OS/c18-8-16(21-17(23)7-6-14-11-24-12-19-14)13-9-20-22(10-13)15-4-2-1-3-5-15/h1-5,9-12,16H,6-7H2,(H,21,23)/t16-/m0/s1. The molecule has 2 heterocycles. The minimum absolute atomic E-state index is 0.179. The lowest BCUT2D eigenvalue weighted by Crippen LogP contribution is -2.27. The molecule has 0 aliphatic rings. The summed E-state index contributed by atoms with van der Waals surface area (Å²) < 4.78 is 1.68. The lowest BCUT2D eigenvalue weighted by molar-refractivity contribution is -0.121. The van der Waals surface area contributed by atoms with Gasteiger partial charge in [0, 0.05) is 23.6 Å². The van der Waals surface area contributed by atoms with Crippen LogP contribution in [-0.4, -0.2) is 20.7 Å². The topological polar surface area (TPSA) is 83.6 Å². The fraction of sp³-hybridized carbons (Fsp3) is 0.176. The number of rotatable bonds is 6. The van der Waals surface area contributed by atoms with Gasteiger partial charge in [-0.2, -0.15) is 10.4 Å². The number of hydrogen-bond donors (Lipinski definition) is 1. The Morgan fingerprint density at radius 3 is 2.92 bits per heavy atom.